The van der Waals surface area contributed by atoms with Gasteiger partial charge in [-0.15, -0.1) is 0 Å². The Labute approximate surface area is 76.9 Å². The predicted molar refractivity (Wildman–Crippen MR) is 49.3 cm³/mol. The fourth-order valence-electron chi connectivity index (χ4n) is 1.02. The van der Waals surface area contributed by atoms with Gasteiger partial charge in [-0.25, -0.2) is 4.39 Å². The van der Waals surface area contributed by atoms with Crippen LogP contribution in [0.2, 0.25) is 0 Å². The van der Waals surface area contributed by atoms with Crippen LogP contribution < -0.4 is 5.73 Å². The average Bonchev–Trinajstić information content (AvgIpc) is 2.11. The highest BCUT2D eigenvalue weighted by atomic mass is 19.1. The Morgan fingerprint density at radius 1 is 1.54 bits per heavy atom. The van der Waals surface area contributed by atoms with Crippen LogP contribution in [0.5, 0.6) is 0 Å². The van der Waals surface area contributed by atoms with E-state index >= 15 is 0 Å². The number of hydroxylamine groups is 2. The van der Waals surface area contributed by atoms with Crippen LogP contribution in [0.15, 0.2) is 18.2 Å². The van der Waals surface area contributed by atoms with Crippen LogP contribution >= 0.6 is 0 Å². The summed E-state index contributed by atoms with van der Waals surface area (Å²) in [7, 11) is 3.31. The number of hydrogen-bond donors (Lipinski definition) is 1. The SMILES string of the molecule is CON(C)Cc1cc(F)ccc1N. The van der Waals surface area contributed by atoms with E-state index in [4.69, 9.17) is 10.6 Å². The van der Waals surface area contributed by atoms with Crippen molar-refractivity contribution in [1.82, 2.24) is 5.06 Å². The van der Waals surface area contributed by atoms with Crippen LogP contribution in [-0.4, -0.2) is 19.2 Å². The summed E-state index contributed by atoms with van der Waals surface area (Å²) in [6.45, 7) is 0.472. The summed E-state index contributed by atoms with van der Waals surface area (Å²) in [5.41, 5.74) is 6.94. The van der Waals surface area contributed by atoms with E-state index in [1.165, 1.54) is 12.1 Å². The minimum Gasteiger partial charge on any atom is -0.398 e. The molecular formula is C9H13FN2O. The first kappa shape index (κ1) is 9.95. The third-order valence-electron chi connectivity index (χ3n) is 1.81. The zero-order valence-electron chi connectivity index (χ0n) is 7.75. The molecule has 72 valence electrons. The highest BCUT2D eigenvalue weighted by molar-refractivity contribution is 5.46. The summed E-state index contributed by atoms with van der Waals surface area (Å²) in [6.07, 6.45) is 0. The van der Waals surface area contributed by atoms with Gasteiger partial charge in [-0.3, -0.25) is 0 Å². The van der Waals surface area contributed by atoms with Crippen LogP contribution in [0, 0.1) is 5.82 Å². The summed E-state index contributed by atoms with van der Waals surface area (Å²) in [5, 5.41) is 1.57. The first-order chi connectivity index (χ1) is 6.13. The van der Waals surface area contributed by atoms with Gasteiger partial charge in [0.05, 0.1) is 13.7 Å². The minimum atomic E-state index is -0.284. The summed E-state index contributed by atoms with van der Waals surface area (Å²) in [5.74, 6) is -0.284. The molecule has 0 radical (unpaired) electrons. The van der Waals surface area contributed by atoms with Gasteiger partial charge in [0.25, 0.3) is 0 Å². The standard InChI is InChI=1S/C9H13FN2O/c1-12(13-2)6-7-5-8(10)3-4-9(7)11/h3-5H,6,11H2,1-2H3. The monoisotopic (exact) mass is 184 g/mol. The number of rotatable bonds is 3. The quantitative estimate of drug-likeness (QED) is 0.570. The fraction of sp³-hybridized carbons (Fsp3) is 0.333. The smallest absolute Gasteiger partial charge is 0.123 e. The molecule has 0 amide bonds. The van der Waals surface area contributed by atoms with Crippen LogP contribution in [-0.2, 0) is 11.4 Å². The molecule has 0 heterocycles. The van der Waals surface area contributed by atoms with Gasteiger partial charge in [-0.1, -0.05) is 0 Å². The largest absolute Gasteiger partial charge is 0.398 e. The summed E-state index contributed by atoms with van der Waals surface area (Å²) in [6, 6.07) is 4.30. The molecule has 0 saturated carbocycles. The number of nitrogen functional groups attached to an aromatic ring is 1. The van der Waals surface area contributed by atoms with E-state index in [9.17, 15) is 4.39 Å². The second-order valence-corrected chi connectivity index (χ2v) is 2.81. The van der Waals surface area contributed by atoms with Gasteiger partial charge in [0.15, 0.2) is 0 Å². The van der Waals surface area contributed by atoms with Gasteiger partial charge in [0, 0.05) is 12.7 Å². The zero-order valence-corrected chi connectivity index (χ0v) is 7.75. The minimum absolute atomic E-state index is 0.284. The molecule has 0 aliphatic carbocycles. The van der Waals surface area contributed by atoms with E-state index in [0.29, 0.717) is 12.2 Å². The van der Waals surface area contributed by atoms with E-state index in [2.05, 4.69) is 0 Å². The lowest BCUT2D eigenvalue weighted by molar-refractivity contribution is -0.116. The van der Waals surface area contributed by atoms with Crippen LogP contribution in [0.3, 0.4) is 0 Å². The lowest BCUT2D eigenvalue weighted by atomic mass is 10.2. The van der Waals surface area contributed by atoms with Gasteiger partial charge >= 0.3 is 0 Å². The molecule has 0 atom stereocenters. The molecule has 2 N–H and O–H groups in total. The summed E-state index contributed by atoms with van der Waals surface area (Å²) >= 11 is 0. The third kappa shape index (κ3) is 2.68. The number of nitrogens with zero attached hydrogens (tertiary/aromatic N) is 1. The Balaban J connectivity index is 2.81. The maximum atomic E-state index is 12.8. The van der Waals surface area contributed by atoms with Crippen molar-refractivity contribution in [3.8, 4) is 0 Å². The van der Waals surface area contributed by atoms with E-state index < -0.39 is 0 Å². The summed E-state index contributed by atoms with van der Waals surface area (Å²) < 4.78 is 12.8. The molecule has 0 saturated heterocycles. The third-order valence-corrected chi connectivity index (χ3v) is 1.81. The second kappa shape index (κ2) is 4.20. The van der Waals surface area contributed by atoms with Crippen molar-refractivity contribution < 1.29 is 9.23 Å². The van der Waals surface area contributed by atoms with Gasteiger partial charge in [0.2, 0.25) is 0 Å². The van der Waals surface area contributed by atoms with Gasteiger partial charge < -0.3 is 10.6 Å². The number of halogens is 1. The second-order valence-electron chi connectivity index (χ2n) is 2.81. The van der Waals surface area contributed by atoms with E-state index in [0.717, 1.165) is 5.56 Å². The van der Waals surface area contributed by atoms with E-state index in [-0.39, 0.29) is 5.82 Å². The molecule has 0 fully saturated rings. The normalized spacial score (nSPS) is 10.8. The molecule has 3 nitrogen and oxygen atoms in total. The van der Waals surface area contributed by atoms with Crippen molar-refractivity contribution in [2.75, 3.05) is 19.9 Å². The van der Waals surface area contributed by atoms with Crippen molar-refractivity contribution >= 4 is 5.69 Å². The number of benzene rings is 1. The van der Waals surface area contributed by atoms with Crippen LogP contribution in [0.4, 0.5) is 10.1 Å². The lowest BCUT2D eigenvalue weighted by Gasteiger charge is -2.14. The van der Waals surface area contributed by atoms with Crippen LogP contribution in [0.25, 0.3) is 0 Å². The van der Waals surface area contributed by atoms with Crippen molar-refractivity contribution in [1.29, 1.82) is 0 Å². The first-order valence-electron chi connectivity index (χ1n) is 3.92. The Hall–Kier alpha value is -1.13. The van der Waals surface area contributed by atoms with Crippen LogP contribution in [0.1, 0.15) is 5.56 Å². The van der Waals surface area contributed by atoms with Crippen molar-refractivity contribution in [3.63, 3.8) is 0 Å². The van der Waals surface area contributed by atoms with Gasteiger partial charge in [-0.2, -0.15) is 5.06 Å². The first-order valence-corrected chi connectivity index (χ1v) is 3.92. The van der Waals surface area contributed by atoms with Crippen molar-refractivity contribution in [2.45, 2.75) is 6.54 Å². The van der Waals surface area contributed by atoms with E-state index in [1.54, 1.807) is 25.3 Å². The fourth-order valence-corrected chi connectivity index (χ4v) is 1.02. The molecule has 1 aromatic carbocycles. The van der Waals surface area contributed by atoms with Crippen molar-refractivity contribution in [2.24, 2.45) is 0 Å². The predicted octanol–water partition coefficient (Wildman–Crippen LogP) is 1.40. The molecule has 0 unspecified atom stereocenters. The van der Waals surface area contributed by atoms with Crippen molar-refractivity contribution in [3.05, 3.63) is 29.6 Å². The molecule has 0 bridgehead atoms. The maximum absolute atomic E-state index is 12.8. The van der Waals surface area contributed by atoms with Gasteiger partial charge in [-0.05, 0) is 23.8 Å². The number of hydrogen-bond acceptors (Lipinski definition) is 3. The zero-order chi connectivity index (χ0) is 9.84. The molecule has 0 aromatic heterocycles. The Bertz CT molecular complexity index is 291. The Kier molecular flexibility index (Phi) is 3.22. The average molecular weight is 184 g/mol. The molecule has 1 aromatic rings. The Morgan fingerprint density at radius 2 is 2.23 bits per heavy atom. The molecule has 0 aliphatic heterocycles. The Morgan fingerprint density at radius 3 is 2.85 bits per heavy atom. The lowest BCUT2D eigenvalue weighted by Crippen LogP contribution is -2.16. The highest BCUT2D eigenvalue weighted by Crippen LogP contribution is 2.14. The molecule has 0 aliphatic rings. The molecule has 1 rings (SSSR count). The summed E-state index contributed by atoms with van der Waals surface area (Å²) in [4.78, 5) is 4.90. The van der Waals surface area contributed by atoms with Gasteiger partial charge in [0.1, 0.15) is 5.82 Å². The number of anilines is 1. The molecule has 4 heteroatoms. The maximum Gasteiger partial charge on any atom is 0.123 e. The highest BCUT2D eigenvalue weighted by Gasteiger charge is 2.03. The topological polar surface area (TPSA) is 38.5 Å². The molecular weight excluding hydrogens is 171 g/mol. The number of nitrogens with two attached hydrogens (primary N) is 1. The van der Waals surface area contributed by atoms with E-state index in [1.807, 2.05) is 0 Å². The molecule has 0 spiro atoms. The molecule has 13 heavy (non-hydrogen) atoms.